The predicted molar refractivity (Wildman–Crippen MR) is 86.5 cm³/mol. The van der Waals surface area contributed by atoms with Gasteiger partial charge in [-0.05, 0) is 31.2 Å². The number of benzene rings is 1. The molecule has 1 N–H and O–H groups in total. The zero-order chi connectivity index (χ0) is 15.9. The first-order valence-corrected chi connectivity index (χ1v) is 7.07. The van der Waals surface area contributed by atoms with Crippen molar-refractivity contribution in [2.24, 2.45) is 7.05 Å². The quantitative estimate of drug-likeness (QED) is 0.753. The van der Waals surface area contributed by atoms with E-state index in [1.807, 2.05) is 49.0 Å². The Morgan fingerprint density at radius 2 is 2.14 bits per heavy atom. The third-order valence-electron chi connectivity index (χ3n) is 3.54. The van der Waals surface area contributed by atoms with E-state index < -0.39 is 5.97 Å². The fourth-order valence-corrected chi connectivity index (χ4v) is 2.85. The van der Waals surface area contributed by atoms with Gasteiger partial charge in [0.15, 0.2) is 0 Å². The zero-order valence-electron chi connectivity index (χ0n) is 12.1. The van der Waals surface area contributed by atoms with E-state index in [1.54, 1.807) is 10.8 Å². The number of rotatable bonds is 3. The standard InChI is InChI=1S/C16H14ClN3O2/c1-10-11(6-7-15(21)22)16(19(2)18-10)20-9-8-12-13(17)4-3-5-14(12)20/h3-9H,1-2H3,(H,21,22). The van der Waals surface area contributed by atoms with Gasteiger partial charge in [-0.3, -0.25) is 4.68 Å². The molecule has 0 aliphatic heterocycles. The zero-order valence-corrected chi connectivity index (χ0v) is 12.9. The second kappa shape index (κ2) is 5.35. The first-order chi connectivity index (χ1) is 10.5. The molecule has 3 rings (SSSR count). The fraction of sp³-hybridized carbons (Fsp3) is 0.125. The largest absolute Gasteiger partial charge is 0.478 e. The summed E-state index contributed by atoms with van der Waals surface area (Å²) in [6.07, 6.45) is 4.59. The monoisotopic (exact) mass is 315 g/mol. The number of aliphatic carboxylic acids is 1. The molecule has 112 valence electrons. The number of nitrogens with zero attached hydrogens (tertiary/aromatic N) is 3. The number of hydrogen-bond acceptors (Lipinski definition) is 2. The maximum absolute atomic E-state index is 10.8. The number of carboxylic acids is 1. The number of aromatic nitrogens is 3. The summed E-state index contributed by atoms with van der Waals surface area (Å²) in [6, 6.07) is 7.63. The normalized spacial score (nSPS) is 11.6. The molecule has 0 spiro atoms. The SMILES string of the molecule is Cc1nn(C)c(-n2ccc3c(Cl)cccc32)c1C=CC(=O)O. The van der Waals surface area contributed by atoms with Crippen LogP contribution in [0, 0.1) is 6.92 Å². The first kappa shape index (κ1) is 14.4. The van der Waals surface area contributed by atoms with E-state index >= 15 is 0 Å². The van der Waals surface area contributed by atoms with Crippen LogP contribution < -0.4 is 0 Å². The van der Waals surface area contributed by atoms with Gasteiger partial charge in [-0.2, -0.15) is 5.10 Å². The van der Waals surface area contributed by atoms with E-state index in [1.165, 1.54) is 0 Å². The molecule has 0 aliphatic rings. The molecule has 2 aromatic heterocycles. The highest BCUT2D eigenvalue weighted by atomic mass is 35.5. The number of hydrogen-bond donors (Lipinski definition) is 1. The summed E-state index contributed by atoms with van der Waals surface area (Å²) in [6.45, 7) is 1.85. The summed E-state index contributed by atoms with van der Waals surface area (Å²) in [5.41, 5.74) is 2.47. The molecule has 0 amide bonds. The van der Waals surface area contributed by atoms with E-state index in [0.717, 1.165) is 34.1 Å². The maximum Gasteiger partial charge on any atom is 0.328 e. The van der Waals surface area contributed by atoms with Gasteiger partial charge >= 0.3 is 5.97 Å². The molecular weight excluding hydrogens is 302 g/mol. The minimum atomic E-state index is -0.991. The highest BCUT2D eigenvalue weighted by molar-refractivity contribution is 6.35. The molecule has 0 radical (unpaired) electrons. The highest BCUT2D eigenvalue weighted by Crippen LogP contribution is 2.29. The van der Waals surface area contributed by atoms with Crippen LogP contribution in [0.4, 0.5) is 0 Å². The molecule has 22 heavy (non-hydrogen) atoms. The predicted octanol–water partition coefficient (Wildman–Crippen LogP) is 3.42. The highest BCUT2D eigenvalue weighted by Gasteiger charge is 2.15. The van der Waals surface area contributed by atoms with Gasteiger partial charge in [0.25, 0.3) is 0 Å². The van der Waals surface area contributed by atoms with Crippen molar-refractivity contribution in [1.82, 2.24) is 14.3 Å². The molecule has 0 atom stereocenters. The minimum Gasteiger partial charge on any atom is -0.478 e. The van der Waals surface area contributed by atoms with E-state index in [-0.39, 0.29) is 0 Å². The summed E-state index contributed by atoms with van der Waals surface area (Å²) < 4.78 is 3.69. The Morgan fingerprint density at radius 1 is 1.36 bits per heavy atom. The average Bonchev–Trinajstić information content (AvgIpc) is 2.98. The lowest BCUT2D eigenvalue weighted by Crippen LogP contribution is -2.03. The summed E-state index contributed by atoms with van der Waals surface area (Å²) >= 11 is 6.22. The topological polar surface area (TPSA) is 60.0 Å². The Bertz CT molecular complexity index is 906. The van der Waals surface area contributed by atoms with Crippen LogP contribution in [0.5, 0.6) is 0 Å². The first-order valence-electron chi connectivity index (χ1n) is 6.69. The smallest absolute Gasteiger partial charge is 0.328 e. The lowest BCUT2D eigenvalue weighted by atomic mass is 10.2. The fourth-order valence-electron chi connectivity index (χ4n) is 2.61. The number of halogens is 1. The average molecular weight is 316 g/mol. The van der Waals surface area contributed by atoms with Crippen molar-refractivity contribution in [2.45, 2.75) is 6.92 Å². The van der Waals surface area contributed by atoms with Crippen molar-refractivity contribution in [3.63, 3.8) is 0 Å². The van der Waals surface area contributed by atoms with E-state index in [0.29, 0.717) is 5.02 Å². The third-order valence-corrected chi connectivity index (χ3v) is 3.87. The van der Waals surface area contributed by atoms with Crippen LogP contribution in [0.15, 0.2) is 36.5 Å². The van der Waals surface area contributed by atoms with Crippen molar-refractivity contribution in [3.05, 3.63) is 52.8 Å². The van der Waals surface area contributed by atoms with E-state index in [2.05, 4.69) is 5.10 Å². The molecular formula is C16H14ClN3O2. The van der Waals surface area contributed by atoms with Crippen LogP contribution in [-0.4, -0.2) is 25.4 Å². The van der Waals surface area contributed by atoms with E-state index in [9.17, 15) is 4.79 Å². The van der Waals surface area contributed by atoms with Crippen LogP contribution in [0.1, 0.15) is 11.3 Å². The number of aryl methyl sites for hydroxylation is 2. The number of fused-ring (bicyclic) bond motifs is 1. The Kier molecular flexibility index (Phi) is 3.50. The third kappa shape index (κ3) is 2.29. The molecule has 0 aliphatic carbocycles. The number of carbonyl (C=O) groups is 1. The Hall–Kier alpha value is -2.53. The van der Waals surface area contributed by atoms with Gasteiger partial charge in [0, 0.05) is 35.3 Å². The molecule has 1 aromatic carbocycles. The molecule has 0 fully saturated rings. The van der Waals surface area contributed by atoms with Gasteiger partial charge in [0.1, 0.15) is 5.82 Å². The molecule has 0 saturated heterocycles. The van der Waals surface area contributed by atoms with Crippen LogP contribution in [0.25, 0.3) is 22.8 Å². The summed E-state index contributed by atoms with van der Waals surface area (Å²) in [4.78, 5) is 10.8. The van der Waals surface area contributed by atoms with Gasteiger partial charge in [-0.1, -0.05) is 17.7 Å². The van der Waals surface area contributed by atoms with Gasteiger partial charge in [-0.25, -0.2) is 4.79 Å². The Balaban J connectivity index is 2.27. The van der Waals surface area contributed by atoms with Crippen LogP contribution in [0.3, 0.4) is 0 Å². The van der Waals surface area contributed by atoms with Gasteiger partial charge < -0.3 is 9.67 Å². The second-order valence-electron chi connectivity index (χ2n) is 4.98. The molecule has 2 heterocycles. The lowest BCUT2D eigenvalue weighted by molar-refractivity contribution is -0.131. The van der Waals surface area contributed by atoms with Crippen LogP contribution in [0.2, 0.25) is 5.02 Å². The summed E-state index contributed by atoms with van der Waals surface area (Å²) in [5, 5.41) is 14.9. The Labute approximate surface area is 132 Å². The van der Waals surface area contributed by atoms with E-state index in [4.69, 9.17) is 16.7 Å². The molecule has 5 nitrogen and oxygen atoms in total. The summed E-state index contributed by atoms with van der Waals surface area (Å²) in [5.74, 6) is -0.193. The minimum absolute atomic E-state index is 0.678. The molecule has 6 heteroatoms. The lowest BCUT2D eigenvalue weighted by Gasteiger charge is -2.08. The molecule has 3 aromatic rings. The van der Waals surface area contributed by atoms with Gasteiger partial charge in [0.05, 0.1) is 11.2 Å². The molecule has 0 unspecified atom stereocenters. The van der Waals surface area contributed by atoms with Crippen LogP contribution in [-0.2, 0) is 11.8 Å². The van der Waals surface area contributed by atoms with Crippen molar-refractivity contribution in [1.29, 1.82) is 0 Å². The van der Waals surface area contributed by atoms with Crippen molar-refractivity contribution >= 4 is 34.5 Å². The molecule has 0 bridgehead atoms. The van der Waals surface area contributed by atoms with Crippen LogP contribution >= 0.6 is 11.6 Å². The van der Waals surface area contributed by atoms with Crippen molar-refractivity contribution in [2.75, 3.05) is 0 Å². The Morgan fingerprint density at radius 3 is 2.86 bits per heavy atom. The van der Waals surface area contributed by atoms with Crippen molar-refractivity contribution in [3.8, 4) is 5.82 Å². The summed E-state index contributed by atoms with van der Waals surface area (Å²) in [7, 11) is 1.83. The van der Waals surface area contributed by atoms with Gasteiger partial charge in [-0.15, -0.1) is 0 Å². The van der Waals surface area contributed by atoms with Crippen molar-refractivity contribution < 1.29 is 9.90 Å². The number of carboxylic acid groups (broad SMARTS) is 1. The second-order valence-corrected chi connectivity index (χ2v) is 5.38. The molecule has 0 saturated carbocycles. The van der Waals surface area contributed by atoms with Gasteiger partial charge in [0.2, 0.25) is 0 Å². The maximum atomic E-state index is 10.8.